The Morgan fingerprint density at radius 1 is 0.958 bits per heavy atom. The second-order valence-corrected chi connectivity index (χ2v) is 7.47. The molecule has 0 heterocycles. The number of hydrogen-bond donors (Lipinski definition) is 0. The number of hydrogen-bond acceptors (Lipinski definition) is 2. The van der Waals surface area contributed by atoms with Crippen LogP contribution in [0.25, 0.3) is 0 Å². The van der Waals surface area contributed by atoms with Crippen LogP contribution in [0.15, 0.2) is 77.4 Å². The van der Waals surface area contributed by atoms with Gasteiger partial charge >= 0.3 is 0 Å². The molecule has 2 aromatic carbocycles. The zero-order chi connectivity index (χ0) is 16.6. The molecule has 0 aliphatic heterocycles. The molecule has 2 aromatic rings. The highest BCUT2D eigenvalue weighted by Crippen LogP contribution is 2.58. The number of anilines is 2. The van der Waals surface area contributed by atoms with Crippen LogP contribution in [0.3, 0.4) is 0 Å². The molecular weight excluding hydrogens is 292 g/mol. The third kappa shape index (κ3) is 2.56. The van der Waals surface area contributed by atoms with Crippen molar-refractivity contribution in [1.29, 1.82) is 0 Å². The Morgan fingerprint density at radius 3 is 2.04 bits per heavy atom. The summed E-state index contributed by atoms with van der Waals surface area (Å²) in [6, 6.07) is 20.7. The van der Waals surface area contributed by atoms with E-state index in [1.54, 1.807) is 0 Å². The van der Waals surface area contributed by atoms with Crippen LogP contribution >= 0.6 is 0 Å². The molecule has 0 unspecified atom stereocenters. The van der Waals surface area contributed by atoms with E-state index in [1.165, 1.54) is 18.4 Å². The lowest BCUT2D eigenvalue weighted by atomic mass is 9.49. The summed E-state index contributed by atoms with van der Waals surface area (Å²) in [4.78, 5) is 0. The summed E-state index contributed by atoms with van der Waals surface area (Å²) in [5.74, 6) is 1.52. The van der Waals surface area contributed by atoms with Gasteiger partial charge in [-0.3, -0.25) is 0 Å². The summed E-state index contributed by atoms with van der Waals surface area (Å²) in [7, 11) is 0. The van der Waals surface area contributed by atoms with Gasteiger partial charge in [-0.05, 0) is 59.9 Å². The molecule has 0 saturated heterocycles. The number of benzene rings is 2. The normalized spacial score (nSPS) is 24.3. The average Bonchev–Trinajstić information content (AvgIpc) is 2.63. The predicted octanol–water partition coefficient (Wildman–Crippen LogP) is 5.80. The summed E-state index contributed by atoms with van der Waals surface area (Å²) in [6.45, 7) is 4.80. The van der Waals surface area contributed by atoms with Gasteiger partial charge in [-0.25, -0.2) is 5.01 Å². The Bertz CT molecular complexity index is 720. The molecular formula is C22H24N2. The second-order valence-electron chi connectivity index (χ2n) is 7.47. The smallest absolute Gasteiger partial charge is 0.0652 e. The summed E-state index contributed by atoms with van der Waals surface area (Å²) in [5, 5.41) is 6.89. The molecule has 5 rings (SSSR count). The van der Waals surface area contributed by atoms with Crippen LogP contribution in [0.1, 0.15) is 26.7 Å². The summed E-state index contributed by atoms with van der Waals surface area (Å²) >= 11 is 0. The molecule has 24 heavy (non-hydrogen) atoms. The molecule has 0 N–H and O–H groups in total. The SMILES string of the molecule is CC1(C)[C@@H]2CC=C(/C=N/N(c3ccccc3)c3ccccc3)[C@H]1C2. The van der Waals surface area contributed by atoms with Gasteiger partial charge in [0.15, 0.2) is 0 Å². The Balaban J connectivity index is 1.65. The van der Waals surface area contributed by atoms with Crippen LogP contribution in [0.2, 0.25) is 0 Å². The van der Waals surface area contributed by atoms with Crippen molar-refractivity contribution >= 4 is 17.6 Å². The highest BCUT2D eigenvalue weighted by atomic mass is 15.5. The quantitative estimate of drug-likeness (QED) is 0.514. The van der Waals surface area contributed by atoms with Crippen molar-refractivity contribution < 1.29 is 0 Å². The van der Waals surface area contributed by atoms with Gasteiger partial charge in [0.2, 0.25) is 0 Å². The number of fused-ring (bicyclic) bond motifs is 1. The van der Waals surface area contributed by atoms with Crippen molar-refractivity contribution in [2.24, 2.45) is 22.4 Å². The van der Waals surface area contributed by atoms with Crippen molar-refractivity contribution in [3.63, 3.8) is 0 Å². The molecule has 3 aliphatic rings. The molecule has 0 amide bonds. The van der Waals surface area contributed by atoms with Crippen molar-refractivity contribution in [2.45, 2.75) is 26.7 Å². The van der Waals surface area contributed by atoms with Gasteiger partial charge in [-0.15, -0.1) is 0 Å². The van der Waals surface area contributed by atoms with E-state index in [-0.39, 0.29) is 0 Å². The van der Waals surface area contributed by atoms with Crippen LogP contribution < -0.4 is 5.01 Å². The van der Waals surface area contributed by atoms with E-state index in [0.717, 1.165) is 17.3 Å². The topological polar surface area (TPSA) is 15.6 Å². The third-order valence-electron chi connectivity index (χ3n) is 5.83. The number of allylic oxidation sites excluding steroid dienone is 2. The summed E-state index contributed by atoms with van der Waals surface area (Å²) < 4.78 is 0. The first kappa shape index (κ1) is 15.2. The largest absolute Gasteiger partial charge is 0.234 e. The number of nitrogens with zero attached hydrogens (tertiary/aromatic N) is 2. The van der Waals surface area contributed by atoms with Gasteiger partial charge in [0.1, 0.15) is 0 Å². The predicted molar refractivity (Wildman–Crippen MR) is 102 cm³/mol. The first-order valence-electron chi connectivity index (χ1n) is 8.80. The van der Waals surface area contributed by atoms with E-state index in [0.29, 0.717) is 11.3 Å². The number of para-hydroxylation sites is 2. The molecule has 3 aliphatic carbocycles. The zero-order valence-corrected chi connectivity index (χ0v) is 14.4. The highest BCUT2D eigenvalue weighted by Gasteiger charge is 2.50. The van der Waals surface area contributed by atoms with Gasteiger partial charge in [0.25, 0.3) is 0 Å². The van der Waals surface area contributed by atoms with E-state index >= 15 is 0 Å². The lowest BCUT2D eigenvalue weighted by Gasteiger charge is -2.55. The van der Waals surface area contributed by atoms with Crippen LogP contribution in [0.4, 0.5) is 11.4 Å². The van der Waals surface area contributed by atoms with E-state index in [1.807, 2.05) is 17.1 Å². The van der Waals surface area contributed by atoms with Crippen molar-refractivity contribution in [3.8, 4) is 0 Å². The molecule has 2 atom stereocenters. The third-order valence-corrected chi connectivity index (χ3v) is 5.83. The second kappa shape index (κ2) is 5.94. The minimum Gasteiger partial charge on any atom is -0.234 e. The van der Waals surface area contributed by atoms with Gasteiger partial charge in [0, 0.05) is 0 Å². The lowest BCUT2D eigenvalue weighted by Crippen LogP contribution is -2.48. The summed E-state index contributed by atoms with van der Waals surface area (Å²) in [6.07, 6.45) is 6.99. The average molecular weight is 316 g/mol. The summed E-state index contributed by atoms with van der Waals surface area (Å²) in [5.41, 5.74) is 4.00. The first-order chi connectivity index (χ1) is 11.7. The Labute approximate surface area is 144 Å². The molecule has 0 spiro atoms. The van der Waals surface area contributed by atoms with Gasteiger partial charge in [-0.2, -0.15) is 5.10 Å². The fraction of sp³-hybridized carbons (Fsp3) is 0.318. The molecule has 2 bridgehead atoms. The number of hydrazone groups is 1. The van der Waals surface area contributed by atoms with E-state index in [4.69, 9.17) is 5.10 Å². The van der Waals surface area contributed by atoms with E-state index in [9.17, 15) is 0 Å². The van der Waals surface area contributed by atoms with Gasteiger partial charge < -0.3 is 0 Å². The highest BCUT2D eigenvalue weighted by molar-refractivity contribution is 5.82. The molecule has 1 saturated carbocycles. The van der Waals surface area contributed by atoms with Crippen LogP contribution in [-0.2, 0) is 0 Å². The molecule has 0 aromatic heterocycles. The fourth-order valence-corrected chi connectivity index (χ4v) is 4.09. The Hall–Kier alpha value is -2.35. The van der Waals surface area contributed by atoms with Crippen molar-refractivity contribution in [2.75, 3.05) is 5.01 Å². The van der Waals surface area contributed by atoms with Crippen molar-refractivity contribution in [1.82, 2.24) is 0 Å². The van der Waals surface area contributed by atoms with Gasteiger partial charge in [0.05, 0.1) is 17.6 Å². The minimum absolute atomic E-state index is 0.431. The molecule has 0 radical (unpaired) electrons. The van der Waals surface area contributed by atoms with Crippen LogP contribution in [-0.4, -0.2) is 6.21 Å². The zero-order valence-electron chi connectivity index (χ0n) is 14.4. The number of rotatable bonds is 4. The van der Waals surface area contributed by atoms with Crippen LogP contribution in [0.5, 0.6) is 0 Å². The lowest BCUT2D eigenvalue weighted by molar-refractivity contribution is -0.00125. The van der Waals surface area contributed by atoms with Gasteiger partial charge in [-0.1, -0.05) is 56.3 Å². The van der Waals surface area contributed by atoms with E-state index < -0.39 is 0 Å². The first-order valence-corrected chi connectivity index (χ1v) is 8.80. The monoisotopic (exact) mass is 316 g/mol. The van der Waals surface area contributed by atoms with Crippen molar-refractivity contribution in [3.05, 3.63) is 72.3 Å². The standard InChI is InChI=1S/C22H24N2/c1-22(2)18-14-13-17(21(22)15-18)16-23-24(19-9-5-3-6-10-19)20-11-7-4-8-12-20/h3-13,16,18,21H,14-15H2,1-2H3/b23-16+/t18-,21-/m1/s1. The molecule has 122 valence electrons. The molecule has 2 nitrogen and oxygen atoms in total. The minimum atomic E-state index is 0.431. The Kier molecular flexibility index (Phi) is 3.76. The fourth-order valence-electron chi connectivity index (χ4n) is 4.09. The maximum absolute atomic E-state index is 4.87. The molecule has 2 heteroatoms. The van der Waals surface area contributed by atoms with Crippen LogP contribution in [0, 0.1) is 17.3 Å². The maximum Gasteiger partial charge on any atom is 0.0652 e. The Morgan fingerprint density at radius 2 is 1.54 bits per heavy atom. The molecule has 1 fully saturated rings. The maximum atomic E-state index is 4.87. The van der Waals surface area contributed by atoms with E-state index in [2.05, 4.69) is 74.7 Å².